The first-order chi connectivity index (χ1) is 9.34. The number of thioether (sulfide) groups is 1. The lowest BCUT2D eigenvalue weighted by molar-refractivity contribution is 0.431. The first-order valence-electron chi connectivity index (χ1n) is 7.32. The van der Waals surface area contributed by atoms with Crippen molar-refractivity contribution in [1.82, 2.24) is 5.32 Å². The summed E-state index contributed by atoms with van der Waals surface area (Å²) in [6.45, 7) is 0. The molecule has 0 aliphatic heterocycles. The van der Waals surface area contributed by atoms with Crippen LogP contribution in [0.2, 0.25) is 0 Å². The molecular formula is C16H23NS2. The molecule has 1 aliphatic carbocycles. The predicted molar refractivity (Wildman–Crippen MR) is 89.6 cm³/mol. The normalized spacial score (nSPS) is 17.5. The first-order valence-corrected chi connectivity index (χ1v) is 8.71. The molecule has 1 fully saturated rings. The minimum Gasteiger partial charge on any atom is -0.368 e. The van der Waals surface area contributed by atoms with Crippen molar-refractivity contribution in [2.45, 2.75) is 56.7 Å². The highest BCUT2D eigenvalue weighted by Gasteiger charge is 2.12. The van der Waals surface area contributed by atoms with E-state index in [4.69, 9.17) is 12.2 Å². The fourth-order valence-corrected chi connectivity index (χ4v) is 3.62. The second-order valence-electron chi connectivity index (χ2n) is 5.25. The molecule has 1 nitrogen and oxygen atoms in total. The third-order valence-corrected chi connectivity index (χ3v) is 4.97. The topological polar surface area (TPSA) is 12.0 Å². The minimum atomic E-state index is 0.607. The van der Waals surface area contributed by atoms with Gasteiger partial charge in [-0.3, -0.25) is 0 Å². The highest BCUT2D eigenvalue weighted by molar-refractivity contribution is 8.22. The molecule has 0 aromatic heterocycles. The van der Waals surface area contributed by atoms with Crippen molar-refractivity contribution in [1.29, 1.82) is 0 Å². The van der Waals surface area contributed by atoms with Gasteiger partial charge in [-0.1, -0.05) is 86.4 Å². The summed E-state index contributed by atoms with van der Waals surface area (Å²) in [6.07, 6.45) is 9.47. The van der Waals surface area contributed by atoms with E-state index in [2.05, 4.69) is 35.6 Å². The van der Waals surface area contributed by atoms with Gasteiger partial charge in [0.15, 0.2) is 0 Å². The third kappa shape index (κ3) is 5.96. The summed E-state index contributed by atoms with van der Waals surface area (Å²) in [5.41, 5.74) is 1.34. The van der Waals surface area contributed by atoms with Gasteiger partial charge in [-0.25, -0.2) is 0 Å². The summed E-state index contributed by atoms with van der Waals surface area (Å²) in [5, 5.41) is 3.55. The Morgan fingerprint density at radius 2 is 1.68 bits per heavy atom. The number of nitrogens with one attached hydrogen (secondary N) is 1. The van der Waals surface area contributed by atoms with Crippen LogP contribution in [0.3, 0.4) is 0 Å². The van der Waals surface area contributed by atoms with Crippen LogP contribution in [-0.2, 0) is 5.75 Å². The van der Waals surface area contributed by atoms with Crippen LogP contribution in [-0.4, -0.2) is 10.4 Å². The number of hydrogen-bond donors (Lipinski definition) is 1. The van der Waals surface area contributed by atoms with Gasteiger partial charge in [0.25, 0.3) is 0 Å². The fraction of sp³-hybridized carbons (Fsp3) is 0.562. The molecular weight excluding hydrogens is 270 g/mol. The Labute approximate surface area is 126 Å². The quantitative estimate of drug-likeness (QED) is 0.795. The van der Waals surface area contributed by atoms with Gasteiger partial charge < -0.3 is 5.32 Å². The number of hydrogen-bond acceptors (Lipinski definition) is 2. The monoisotopic (exact) mass is 293 g/mol. The van der Waals surface area contributed by atoms with E-state index in [1.54, 1.807) is 11.8 Å². The van der Waals surface area contributed by atoms with E-state index in [-0.39, 0.29) is 0 Å². The molecule has 104 valence electrons. The first kappa shape index (κ1) is 14.9. The Bertz CT molecular complexity index is 370. The second kappa shape index (κ2) is 8.60. The van der Waals surface area contributed by atoms with Crippen LogP contribution in [0.4, 0.5) is 0 Å². The molecule has 2 rings (SSSR count). The molecule has 1 saturated carbocycles. The van der Waals surface area contributed by atoms with E-state index >= 15 is 0 Å². The van der Waals surface area contributed by atoms with Crippen molar-refractivity contribution in [2.24, 2.45) is 0 Å². The zero-order chi connectivity index (χ0) is 13.3. The van der Waals surface area contributed by atoms with E-state index in [9.17, 15) is 0 Å². The summed E-state index contributed by atoms with van der Waals surface area (Å²) in [6, 6.07) is 11.1. The molecule has 0 atom stereocenters. The average molecular weight is 294 g/mol. The van der Waals surface area contributed by atoms with Crippen LogP contribution in [0.1, 0.15) is 50.5 Å². The third-order valence-electron chi connectivity index (χ3n) is 3.64. The Balaban J connectivity index is 1.71. The Morgan fingerprint density at radius 3 is 2.37 bits per heavy atom. The lowest BCUT2D eigenvalue weighted by Gasteiger charge is -2.22. The molecule has 0 spiro atoms. The zero-order valence-corrected chi connectivity index (χ0v) is 13.1. The molecule has 0 heterocycles. The molecule has 19 heavy (non-hydrogen) atoms. The molecule has 1 aliphatic rings. The van der Waals surface area contributed by atoms with Gasteiger partial charge in [-0.15, -0.1) is 0 Å². The molecule has 0 unspecified atom stereocenters. The molecule has 0 saturated heterocycles. The van der Waals surface area contributed by atoms with Crippen LogP contribution < -0.4 is 5.32 Å². The van der Waals surface area contributed by atoms with E-state index in [0.717, 1.165) is 10.1 Å². The zero-order valence-electron chi connectivity index (χ0n) is 11.4. The summed E-state index contributed by atoms with van der Waals surface area (Å²) in [5.74, 6) is 0.972. The molecule has 1 N–H and O–H groups in total. The second-order valence-corrected chi connectivity index (χ2v) is 6.90. The number of benzene rings is 1. The van der Waals surface area contributed by atoms with Crippen molar-refractivity contribution in [3.8, 4) is 0 Å². The van der Waals surface area contributed by atoms with E-state index in [1.807, 2.05) is 0 Å². The molecule has 1 aromatic carbocycles. The molecule has 0 bridgehead atoms. The standard InChI is InChI=1S/C16H23NS2/c18-16(19-13-14-9-5-4-6-10-14)17-15-11-7-2-1-3-8-12-15/h4-6,9-10,15H,1-3,7-8,11-13H2,(H,17,18). The van der Waals surface area contributed by atoms with Crippen LogP contribution in [0.5, 0.6) is 0 Å². The van der Waals surface area contributed by atoms with Crippen LogP contribution in [0.15, 0.2) is 30.3 Å². The van der Waals surface area contributed by atoms with Crippen molar-refractivity contribution < 1.29 is 0 Å². The SMILES string of the molecule is S=C(NC1CCCCCCC1)SCc1ccccc1. The average Bonchev–Trinajstić information content (AvgIpc) is 2.41. The van der Waals surface area contributed by atoms with Gasteiger partial charge in [-0.05, 0) is 18.4 Å². The largest absolute Gasteiger partial charge is 0.368 e. The molecule has 1 aromatic rings. The highest BCUT2D eigenvalue weighted by atomic mass is 32.2. The molecule has 0 amide bonds. The highest BCUT2D eigenvalue weighted by Crippen LogP contribution is 2.19. The summed E-state index contributed by atoms with van der Waals surface area (Å²) >= 11 is 7.22. The van der Waals surface area contributed by atoms with Gasteiger partial charge in [0.05, 0.1) is 0 Å². The van der Waals surface area contributed by atoms with Crippen LogP contribution >= 0.6 is 24.0 Å². The minimum absolute atomic E-state index is 0.607. The van der Waals surface area contributed by atoms with Crippen molar-refractivity contribution in [3.05, 3.63) is 35.9 Å². The van der Waals surface area contributed by atoms with Crippen molar-refractivity contribution >= 4 is 28.3 Å². The Hall–Kier alpha value is -0.540. The predicted octanol–water partition coefficient (Wildman–Crippen LogP) is 4.91. The van der Waals surface area contributed by atoms with Gasteiger partial charge in [-0.2, -0.15) is 0 Å². The smallest absolute Gasteiger partial charge is 0.134 e. The van der Waals surface area contributed by atoms with Gasteiger partial charge >= 0.3 is 0 Å². The number of thiocarbonyl (C=S) groups is 1. The van der Waals surface area contributed by atoms with Gasteiger partial charge in [0, 0.05) is 11.8 Å². The maximum Gasteiger partial charge on any atom is 0.134 e. The van der Waals surface area contributed by atoms with E-state index in [0.29, 0.717) is 6.04 Å². The number of rotatable bonds is 3. The Kier molecular flexibility index (Phi) is 6.72. The van der Waals surface area contributed by atoms with Crippen LogP contribution in [0, 0.1) is 0 Å². The Morgan fingerprint density at radius 1 is 1.05 bits per heavy atom. The maximum absolute atomic E-state index is 5.46. The van der Waals surface area contributed by atoms with E-state index in [1.165, 1.54) is 50.5 Å². The molecule has 3 heteroatoms. The van der Waals surface area contributed by atoms with Gasteiger partial charge in [0.1, 0.15) is 4.32 Å². The maximum atomic E-state index is 5.46. The lowest BCUT2D eigenvalue weighted by Crippen LogP contribution is -2.32. The summed E-state index contributed by atoms with van der Waals surface area (Å²) < 4.78 is 0.967. The lowest BCUT2D eigenvalue weighted by atomic mass is 9.97. The van der Waals surface area contributed by atoms with E-state index < -0.39 is 0 Å². The van der Waals surface area contributed by atoms with Gasteiger partial charge in [0.2, 0.25) is 0 Å². The van der Waals surface area contributed by atoms with Crippen molar-refractivity contribution in [2.75, 3.05) is 0 Å². The summed E-state index contributed by atoms with van der Waals surface area (Å²) in [4.78, 5) is 0. The summed E-state index contributed by atoms with van der Waals surface area (Å²) in [7, 11) is 0. The van der Waals surface area contributed by atoms with Crippen molar-refractivity contribution in [3.63, 3.8) is 0 Å². The fourth-order valence-electron chi connectivity index (χ4n) is 2.53. The molecule has 0 radical (unpaired) electrons. The van der Waals surface area contributed by atoms with Crippen LogP contribution in [0.25, 0.3) is 0 Å².